The van der Waals surface area contributed by atoms with Gasteiger partial charge in [0.25, 0.3) is 0 Å². The molecule has 0 saturated heterocycles. The Hall–Kier alpha value is -1.06. The van der Waals surface area contributed by atoms with Crippen LogP contribution in [-0.4, -0.2) is 23.9 Å². The van der Waals surface area contributed by atoms with Crippen LogP contribution < -0.4 is 5.73 Å². The van der Waals surface area contributed by atoms with Crippen LogP contribution in [0.1, 0.15) is 25.8 Å². The smallest absolute Gasteiger partial charge is 0.239 e. The number of carbonyl (C=O) groups excluding carboxylic acids is 1. The Morgan fingerprint density at radius 3 is 2.39 bits per heavy atom. The van der Waals surface area contributed by atoms with Gasteiger partial charge >= 0.3 is 0 Å². The summed E-state index contributed by atoms with van der Waals surface area (Å²) in [5.74, 6) is 0.240. The molecule has 0 radical (unpaired) electrons. The summed E-state index contributed by atoms with van der Waals surface area (Å²) in [5, 5.41) is 0. The van der Waals surface area contributed by atoms with E-state index in [4.69, 9.17) is 5.73 Å². The average molecular weight is 271 g/mol. The number of benzene rings is 1. The summed E-state index contributed by atoms with van der Waals surface area (Å²) < 4.78 is 0. The largest absolute Gasteiger partial charge is 0.340 e. The standard InChI is InChI=1S/C14H22N2O.ClH/c1-4-11(2)13(15)14(17)16(3)10-12-8-6-5-7-9-12;/h5-9,11,13H,4,10,15H2,1-3H3;1H/t11?,13-;/m0./s1. The van der Waals surface area contributed by atoms with Gasteiger partial charge in [-0.25, -0.2) is 0 Å². The Kier molecular flexibility index (Phi) is 7.64. The third kappa shape index (κ3) is 4.67. The molecular weight excluding hydrogens is 248 g/mol. The van der Waals surface area contributed by atoms with E-state index in [1.165, 1.54) is 0 Å². The van der Waals surface area contributed by atoms with Crippen molar-refractivity contribution in [1.29, 1.82) is 0 Å². The molecule has 0 spiro atoms. The van der Waals surface area contributed by atoms with Crippen molar-refractivity contribution in [3.05, 3.63) is 35.9 Å². The lowest BCUT2D eigenvalue weighted by atomic mass is 9.99. The molecule has 0 fully saturated rings. The molecule has 1 aromatic carbocycles. The fraction of sp³-hybridized carbons (Fsp3) is 0.500. The van der Waals surface area contributed by atoms with Crippen molar-refractivity contribution < 1.29 is 4.79 Å². The molecular formula is C14H23ClN2O. The zero-order valence-corrected chi connectivity index (χ0v) is 12.1. The molecule has 0 aliphatic carbocycles. The van der Waals surface area contributed by atoms with Crippen molar-refractivity contribution in [3.8, 4) is 0 Å². The minimum atomic E-state index is -0.395. The van der Waals surface area contributed by atoms with Crippen molar-refractivity contribution in [3.63, 3.8) is 0 Å². The molecule has 2 N–H and O–H groups in total. The molecule has 102 valence electrons. The highest BCUT2D eigenvalue weighted by Gasteiger charge is 2.22. The number of nitrogens with zero attached hydrogens (tertiary/aromatic N) is 1. The highest BCUT2D eigenvalue weighted by Crippen LogP contribution is 2.10. The Morgan fingerprint density at radius 2 is 1.89 bits per heavy atom. The Bertz CT molecular complexity index is 356. The Balaban J connectivity index is 0.00000289. The summed E-state index contributed by atoms with van der Waals surface area (Å²) in [5.41, 5.74) is 7.06. The lowest BCUT2D eigenvalue weighted by molar-refractivity contribution is -0.132. The second kappa shape index (κ2) is 8.11. The first-order valence-corrected chi connectivity index (χ1v) is 6.10. The first-order chi connectivity index (χ1) is 8.06. The summed E-state index contributed by atoms with van der Waals surface area (Å²) in [7, 11) is 1.80. The predicted octanol–water partition coefficient (Wildman–Crippen LogP) is 2.44. The van der Waals surface area contributed by atoms with E-state index in [9.17, 15) is 4.79 Å². The zero-order chi connectivity index (χ0) is 12.8. The molecule has 0 heterocycles. The maximum Gasteiger partial charge on any atom is 0.239 e. The van der Waals surface area contributed by atoms with Crippen LogP contribution in [0.5, 0.6) is 0 Å². The number of carbonyl (C=O) groups is 1. The fourth-order valence-corrected chi connectivity index (χ4v) is 1.69. The molecule has 3 nitrogen and oxygen atoms in total. The molecule has 0 bridgehead atoms. The SMILES string of the molecule is CCC(C)[C@H](N)C(=O)N(C)Cc1ccccc1.Cl. The predicted molar refractivity (Wildman–Crippen MR) is 77.6 cm³/mol. The van der Waals surface area contributed by atoms with Gasteiger partial charge in [-0.2, -0.15) is 0 Å². The number of nitrogens with two attached hydrogens (primary N) is 1. The van der Waals surface area contributed by atoms with Gasteiger partial charge in [0.05, 0.1) is 6.04 Å². The van der Waals surface area contributed by atoms with Gasteiger partial charge in [0.2, 0.25) is 5.91 Å². The highest BCUT2D eigenvalue weighted by atomic mass is 35.5. The van der Waals surface area contributed by atoms with E-state index in [2.05, 4.69) is 6.92 Å². The third-order valence-electron chi connectivity index (χ3n) is 3.18. The molecule has 1 unspecified atom stereocenters. The van der Waals surface area contributed by atoms with E-state index >= 15 is 0 Å². The second-order valence-electron chi connectivity index (χ2n) is 4.59. The van der Waals surface area contributed by atoms with Crippen LogP contribution in [0.15, 0.2) is 30.3 Å². The van der Waals surface area contributed by atoms with E-state index < -0.39 is 6.04 Å². The number of halogens is 1. The van der Waals surface area contributed by atoms with E-state index in [0.717, 1.165) is 12.0 Å². The van der Waals surface area contributed by atoms with Crippen molar-refractivity contribution in [2.75, 3.05) is 7.05 Å². The van der Waals surface area contributed by atoms with Gasteiger partial charge in [-0.15, -0.1) is 12.4 Å². The van der Waals surface area contributed by atoms with Crippen LogP contribution in [0.25, 0.3) is 0 Å². The number of hydrogen-bond donors (Lipinski definition) is 1. The van der Waals surface area contributed by atoms with Gasteiger partial charge in [-0.3, -0.25) is 4.79 Å². The van der Waals surface area contributed by atoms with Crippen LogP contribution in [0.2, 0.25) is 0 Å². The van der Waals surface area contributed by atoms with Crippen molar-refractivity contribution in [2.24, 2.45) is 11.7 Å². The highest BCUT2D eigenvalue weighted by molar-refractivity contribution is 5.85. The van der Waals surface area contributed by atoms with Gasteiger partial charge in [0.15, 0.2) is 0 Å². The molecule has 0 aliphatic heterocycles. The summed E-state index contributed by atoms with van der Waals surface area (Å²) in [6, 6.07) is 9.55. The van der Waals surface area contributed by atoms with Crippen LogP contribution in [0, 0.1) is 5.92 Å². The van der Waals surface area contributed by atoms with Crippen molar-refractivity contribution in [1.82, 2.24) is 4.90 Å². The topological polar surface area (TPSA) is 46.3 Å². The number of rotatable bonds is 5. The molecule has 18 heavy (non-hydrogen) atoms. The number of likely N-dealkylation sites (N-methyl/N-ethyl adjacent to an activating group) is 1. The Morgan fingerprint density at radius 1 is 1.33 bits per heavy atom. The molecule has 1 amide bonds. The quantitative estimate of drug-likeness (QED) is 0.893. The summed E-state index contributed by atoms with van der Waals surface area (Å²) in [4.78, 5) is 13.7. The molecule has 4 heteroatoms. The fourth-order valence-electron chi connectivity index (χ4n) is 1.69. The number of amides is 1. The molecule has 1 aromatic rings. The van der Waals surface area contributed by atoms with Crippen molar-refractivity contribution >= 4 is 18.3 Å². The van der Waals surface area contributed by atoms with E-state index in [0.29, 0.717) is 6.54 Å². The van der Waals surface area contributed by atoms with Crippen LogP contribution in [0.4, 0.5) is 0 Å². The summed E-state index contributed by atoms with van der Waals surface area (Å²) in [6.45, 7) is 4.68. The first kappa shape index (κ1) is 16.9. The van der Waals surface area contributed by atoms with E-state index in [-0.39, 0.29) is 24.2 Å². The van der Waals surface area contributed by atoms with Gasteiger partial charge in [0.1, 0.15) is 0 Å². The summed E-state index contributed by atoms with van der Waals surface area (Å²) >= 11 is 0. The third-order valence-corrected chi connectivity index (χ3v) is 3.18. The normalized spacial score (nSPS) is 13.3. The Labute approximate surface area is 116 Å². The lowest BCUT2D eigenvalue weighted by Crippen LogP contribution is -2.45. The van der Waals surface area contributed by atoms with E-state index in [1.54, 1.807) is 11.9 Å². The number of hydrogen-bond acceptors (Lipinski definition) is 2. The monoisotopic (exact) mass is 270 g/mol. The first-order valence-electron chi connectivity index (χ1n) is 6.10. The maximum atomic E-state index is 12.0. The second-order valence-corrected chi connectivity index (χ2v) is 4.59. The molecule has 0 aromatic heterocycles. The molecule has 1 rings (SSSR count). The van der Waals surface area contributed by atoms with Crippen molar-refractivity contribution in [2.45, 2.75) is 32.9 Å². The van der Waals surface area contributed by atoms with Crippen LogP contribution in [-0.2, 0) is 11.3 Å². The summed E-state index contributed by atoms with van der Waals surface area (Å²) in [6.07, 6.45) is 0.923. The molecule has 0 aliphatic rings. The van der Waals surface area contributed by atoms with Gasteiger partial charge in [-0.1, -0.05) is 50.6 Å². The average Bonchev–Trinajstić information content (AvgIpc) is 2.37. The van der Waals surface area contributed by atoms with Gasteiger partial charge in [0, 0.05) is 13.6 Å². The molecule has 0 saturated carbocycles. The zero-order valence-electron chi connectivity index (χ0n) is 11.3. The lowest BCUT2D eigenvalue weighted by Gasteiger charge is -2.24. The molecule has 2 atom stereocenters. The van der Waals surface area contributed by atoms with Crippen LogP contribution in [0.3, 0.4) is 0 Å². The van der Waals surface area contributed by atoms with Gasteiger partial charge < -0.3 is 10.6 Å². The van der Waals surface area contributed by atoms with E-state index in [1.807, 2.05) is 37.3 Å². The minimum absolute atomic E-state index is 0. The minimum Gasteiger partial charge on any atom is -0.340 e. The van der Waals surface area contributed by atoms with Gasteiger partial charge in [-0.05, 0) is 11.5 Å². The van der Waals surface area contributed by atoms with Crippen LogP contribution >= 0.6 is 12.4 Å². The maximum absolute atomic E-state index is 12.0.